The van der Waals surface area contributed by atoms with Crippen molar-refractivity contribution in [3.8, 4) is 0 Å². The molecule has 0 aromatic carbocycles. The van der Waals surface area contributed by atoms with Crippen molar-refractivity contribution >= 4 is 0 Å². The highest BCUT2D eigenvalue weighted by Gasteiger charge is 2.57. The fourth-order valence-electron chi connectivity index (χ4n) is 8.34. The number of ether oxygens (including phenoxy) is 3. The fourth-order valence-corrected chi connectivity index (χ4v) is 8.34. The summed E-state index contributed by atoms with van der Waals surface area (Å²) in [6.07, 6.45) is 11.7. The van der Waals surface area contributed by atoms with Crippen molar-refractivity contribution in [3.05, 3.63) is 0 Å². The second kappa shape index (κ2) is 7.59. The van der Waals surface area contributed by atoms with Crippen LogP contribution in [0, 0.1) is 35.5 Å². The van der Waals surface area contributed by atoms with Gasteiger partial charge >= 0.3 is 0 Å². The van der Waals surface area contributed by atoms with Crippen LogP contribution in [-0.4, -0.2) is 63.7 Å². The number of hydrogen-bond donors (Lipinski definition) is 0. The minimum Gasteiger partial charge on any atom is -0.381 e. The molecule has 10 unspecified atom stereocenters. The molecule has 0 spiro atoms. The molecule has 4 heteroatoms. The van der Waals surface area contributed by atoms with E-state index in [0.29, 0.717) is 6.10 Å². The van der Waals surface area contributed by atoms with Crippen LogP contribution in [-0.2, 0) is 14.2 Å². The van der Waals surface area contributed by atoms with E-state index in [9.17, 15) is 0 Å². The summed E-state index contributed by atoms with van der Waals surface area (Å²) in [5.74, 6) is 5.25. The molecule has 27 heavy (non-hydrogen) atoms. The van der Waals surface area contributed by atoms with Gasteiger partial charge < -0.3 is 19.1 Å². The molecule has 0 amide bonds. The Morgan fingerprint density at radius 2 is 1.30 bits per heavy atom. The van der Waals surface area contributed by atoms with Crippen LogP contribution in [0.1, 0.15) is 51.4 Å². The number of nitrogens with zero attached hydrogens (tertiary/aromatic N) is 1. The van der Waals surface area contributed by atoms with Crippen molar-refractivity contribution in [2.75, 3.05) is 34.4 Å². The number of rotatable bonds is 3. The Labute approximate surface area is 165 Å². The topological polar surface area (TPSA) is 30.9 Å². The van der Waals surface area contributed by atoms with Crippen LogP contribution < -0.4 is 0 Å². The molecule has 5 fully saturated rings. The van der Waals surface area contributed by atoms with Crippen molar-refractivity contribution < 1.29 is 14.2 Å². The van der Waals surface area contributed by atoms with E-state index in [2.05, 4.69) is 4.90 Å². The second-order valence-corrected chi connectivity index (χ2v) is 10.2. The Hall–Kier alpha value is -0.160. The Kier molecular flexibility index (Phi) is 5.30. The number of fused-ring (bicyclic) bond motifs is 7. The standard InChI is InChI=1S/C23H39NO3/c1-25-15-6-7-16-17-9-14-5-4-8-24(14)13-21(17)20-12-23(27-3)22(26-2)11-19(20)18(16)10-15/h14-23H,4-13H2,1-3H3. The average Bonchev–Trinajstić information content (AvgIpc) is 3.18. The summed E-state index contributed by atoms with van der Waals surface area (Å²) >= 11 is 0. The third-order valence-corrected chi connectivity index (χ3v) is 9.51. The van der Waals surface area contributed by atoms with Crippen LogP contribution >= 0.6 is 0 Å². The molecule has 5 rings (SSSR count). The van der Waals surface area contributed by atoms with Crippen LogP contribution in [0.2, 0.25) is 0 Å². The molecule has 0 N–H and O–H groups in total. The lowest BCUT2D eigenvalue weighted by atomic mass is 9.48. The summed E-state index contributed by atoms with van der Waals surface area (Å²) in [6.45, 7) is 2.71. The van der Waals surface area contributed by atoms with Gasteiger partial charge in [-0.05, 0) is 93.4 Å². The first-order valence-corrected chi connectivity index (χ1v) is 11.6. The maximum Gasteiger partial charge on any atom is 0.0835 e. The Balaban J connectivity index is 1.45. The molecule has 154 valence electrons. The van der Waals surface area contributed by atoms with Crippen LogP contribution in [0.25, 0.3) is 0 Å². The second-order valence-electron chi connectivity index (χ2n) is 10.2. The fraction of sp³-hybridized carbons (Fsp3) is 1.00. The first-order valence-electron chi connectivity index (χ1n) is 11.6. The van der Waals surface area contributed by atoms with Gasteiger partial charge in [-0.25, -0.2) is 0 Å². The molecule has 0 bridgehead atoms. The van der Waals surface area contributed by atoms with E-state index in [1.165, 1.54) is 64.5 Å². The number of hydrogen-bond acceptors (Lipinski definition) is 4. The van der Waals surface area contributed by atoms with Crippen molar-refractivity contribution in [1.82, 2.24) is 4.90 Å². The van der Waals surface area contributed by atoms with Gasteiger partial charge in [0.1, 0.15) is 0 Å². The zero-order chi connectivity index (χ0) is 18.5. The third kappa shape index (κ3) is 3.10. The van der Waals surface area contributed by atoms with Crippen molar-refractivity contribution in [3.63, 3.8) is 0 Å². The van der Waals surface area contributed by atoms with Gasteiger partial charge in [0.2, 0.25) is 0 Å². The van der Waals surface area contributed by atoms with Gasteiger partial charge in [0, 0.05) is 33.9 Å². The molecule has 5 aliphatic rings. The molecule has 2 saturated heterocycles. The normalized spacial score (nSPS) is 52.6. The smallest absolute Gasteiger partial charge is 0.0835 e. The van der Waals surface area contributed by atoms with Crippen LogP contribution in [0.3, 0.4) is 0 Å². The lowest BCUT2D eigenvalue weighted by Crippen LogP contribution is -2.60. The zero-order valence-corrected chi connectivity index (χ0v) is 17.5. The molecule has 0 radical (unpaired) electrons. The highest BCUT2D eigenvalue weighted by atomic mass is 16.5. The minimum atomic E-state index is 0.277. The summed E-state index contributed by atoms with van der Waals surface area (Å²) in [5, 5.41) is 0. The van der Waals surface area contributed by atoms with E-state index in [1.54, 1.807) is 0 Å². The van der Waals surface area contributed by atoms with Gasteiger partial charge in [-0.15, -0.1) is 0 Å². The van der Waals surface area contributed by atoms with Gasteiger partial charge in [0.15, 0.2) is 0 Å². The number of methoxy groups -OCH3 is 3. The lowest BCUT2D eigenvalue weighted by Gasteiger charge is -2.61. The minimum absolute atomic E-state index is 0.277. The molecule has 0 aromatic rings. The van der Waals surface area contributed by atoms with E-state index in [-0.39, 0.29) is 12.2 Å². The average molecular weight is 378 g/mol. The van der Waals surface area contributed by atoms with Crippen LogP contribution in [0.15, 0.2) is 0 Å². The SMILES string of the molecule is COC1CCC2C(C1)C1CC(OC)C(OC)CC1C1CN3CCCC3CC21. The van der Waals surface area contributed by atoms with E-state index in [1.807, 2.05) is 21.3 Å². The summed E-state index contributed by atoms with van der Waals surface area (Å²) < 4.78 is 17.7. The van der Waals surface area contributed by atoms with Gasteiger partial charge in [-0.1, -0.05) is 0 Å². The summed E-state index contributed by atoms with van der Waals surface area (Å²) in [5.41, 5.74) is 0. The van der Waals surface area contributed by atoms with Crippen molar-refractivity contribution in [1.29, 1.82) is 0 Å². The maximum atomic E-state index is 5.93. The Bertz CT molecular complexity index is 528. The summed E-state index contributed by atoms with van der Waals surface area (Å²) in [7, 11) is 5.69. The predicted molar refractivity (Wildman–Crippen MR) is 106 cm³/mol. The molecule has 2 heterocycles. The van der Waals surface area contributed by atoms with E-state index in [0.717, 1.165) is 41.5 Å². The zero-order valence-electron chi connectivity index (χ0n) is 17.5. The lowest BCUT2D eigenvalue weighted by molar-refractivity contribution is -0.168. The molecule has 3 saturated carbocycles. The first-order chi connectivity index (χ1) is 13.2. The molecular formula is C23H39NO3. The van der Waals surface area contributed by atoms with E-state index in [4.69, 9.17) is 14.2 Å². The highest BCUT2D eigenvalue weighted by Crippen LogP contribution is 2.59. The first kappa shape index (κ1) is 18.8. The Morgan fingerprint density at radius 3 is 2.00 bits per heavy atom. The summed E-state index contributed by atoms with van der Waals surface area (Å²) in [4.78, 5) is 2.85. The third-order valence-electron chi connectivity index (χ3n) is 9.51. The number of piperidine rings is 1. The molecule has 0 aromatic heterocycles. The molecular weight excluding hydrogens is 338 g/mol. The molecule has 4 nitrogen and oxygen atoms in total. The highest BCUT2D eigenvalue weighted by molar-refractivity contribution is 5.07. The van der Waals surface area contributed by atoms with Crippen molar-refractivity contribution in [2.24, 2.45) is 35.5 Å². The molecule has 10 atom stereocenters. The van der Waals surface area contributed by atoms with Gasteiger partial charge in [0.25, 0.3) is 0 Å². The maximum absolute atomic E-state index is 5.93. The predicted octanol–water partition coefficient (Wildman–Crippen LogP) is 3.59. The Morgan fingerprint density at radius 1 is 0.630 bits per heavy atom. The van der Waals surface area contributed by atoms with Gasteiger partial charge in [-0.2, -0.15) is 0 Å². The molecule has 2 aliphatic heterocycles. The quantitative estimate of drug-likeness (QED) is 0.752. The summed E-state index contributed by atoms with van der Waals surface area (Å²) in [6, 6.07) is 0.886. The van der Waals surface area contributed by atoms with Gasteiger partial charge in [0.05, 0.1) is 18.3 Å². The van der Waals surface area contributed by atoms with Crippen molar-refractivity contribution in [2.45, 2.75) is 75.7 Å². The monoisotopic (exact) mass is 377 g/mol. The van der Waals surface area contributed by atoms with E-state index < -0.39 is 0 Å². The van der Waals surface area contributed by atoms with Crippen LogP contribution in [0.4, 0.5) is 0 Å². The van der Waals surface area contributed by atoms with Crippen LogP contribution in [0.5, 0.6) is 0 Å². The van der Waals surface area contributed by atoms with E-state index >= 15 is 0 Å². The van der Waals surface area contributed by atoms with Gasteiger partial charge in [-0.3, -0.25) is 0 Å². The largest absolute Gasteiger partial charge is 0.381 e. The molecule has 3 aliphatic carbocycles.